The highest BCUT2D eigenvalue weighted by molar-refractivity contribution is 7.00. The predicted molar refractivity (Wildman–Crippen MR) is 543 cm³/mol. The third-order valence-electron chi connectivity index (χ3n) is 27.6. The lowest BCUT2D eigenvalue weighted by molar-refractivity contribution is 0.590. The summed E-state index contributed by atoms with van der Waals surface area (Å²) in [5.74, 6) is 0. The standard InChI is InChI=1S/C120H107BN4O2/c1-115(2,3)76-48-56-99-91(62-76)92-63-77(116(4,5)6)49-57-100(92)122(99)82-52-54-97-103(70-82)124(112-89(73-36-24-20-25-37-73)60-75(72-34-22-19-23-35-72)61-95(112)87-44-32-43-86-84-40-28-30-45-107(84)127-114(86)87)105-68-81(120(16,17)18)69-106-111(105)121(97)98-55-53-83(123-101-58-50-78(117(7,8)9)64-93(101)94-65-79(118(10,11)12)51-59-102(94)123)71-104(98)125(106)113-90(74-38-26-21-27-39-74)66-80(119(13,14)15)67-96(113)85-42-33-47-109-110(85)88-41-29-31-46-108(88)126-109/h19-71H,1-18H3. The number of anilines is 6. The van der Waals surface area contributed by atoms with Gasteiger partial charge in [-0.15, -0.1) is 0 Å². The molecule has 20 aromatic rings. The zero-order chi connectivity index (χ0) is 87.6. The third kappa shape index (κ3) is 12.9. The van der Waals surface area contributed by atoms with Gasteiger partial charge < -0.3 is 27.8 Å². The van der Waals surface area contributed by atoms with E-state index in [0.717, 1.165) is 167 Å². The molecule has 0 saturated heterocycles. The number of aromatic nitrogens is 2. The molecule has 2 aliphatic heterocycles. The average molecular weight is 1650 g/mol. The minimum absolute atomic E-state index is 0.0974. The molecule has 0 fully saturated rings. The summed E-state index contributed by atoms with van der Waals surface area (Å²) >= 11 is 0. The van der Waals surface area contributed by atoms with Crippen LogP contribution in [0.25, 0.3) is 154 Å². The van der Waals surface area contributed by atoms with Crippen molar-refractivity contribution in [3.05, 3.63) is 355 Å². The molecule has 0 bridgehead atoms. The van der Waals surface area contributed by atoms with Gasteiger partial charge in [0.2, 0.25) is 0 Å². The van der Waals surface area contributed by atoms with Crippen LogP contribution in [0.3, 0.4) is 0 Å². The fourth-order valence-electron chi connectivity index (χ4n) is 20.7. The molecular formula is C120H107BN4O2. The fourth-order valence-corrected chi connectivity index (χ4v) is 20.7. The Balaban J connectivity index is 0.940. The highest BCUT2D eigenvalue weighted by Gasteiger charge is 2.47. The molecule has 6 nitrogen and oxygen atoms in total. The summed E-state index contributed by atoms with van der Waals surface area (Å²) < 4.78 is 19.6. The van der Waals surface area contributed by atoms with Crippen molar-refractivity contribution in [2.24, 2.45) is 0 Å². The molecule has 0 saturated carbocycles. The van der Waals surface area contributed by atoms with Crippen LogP contribution in [0, 0.1) is 0 Å². The summed E-state index contributed by atoms with van der Waals surface area (Å²) in [7, 11) is 0. The minimum Gasteiger partial charge on any atom is -0.456 e. The normalized spacial score (nSPS) is 13.4. The fraction of sp³-hybridized carbons (Fsp3) is 0.200. The van der Waals surface area contributed by atoms with Gasteiger partial charge >= 0.3 is 0 Å². The lowest BCUT2D eigenvalue weighted by atomic mass is 9.33. The Bertz CT molecular complexity index is 7800. The lowest BCUT2D eigenvalue weighted by Gasteiger charge is -2.46. The number of hydrogen-bond acceptors (Lipinski definition) is 4. The van der Waals surface area contributed by atoms with Crippen LogP contribution in [0.15, 0.2) is 330 Å². The summed E-state index contributed by atoms with van der Waals surface area (Å²) in [5.41, 5.74) is 37.5. The van der Waals surface area contributed by atoms with Crippen molar-refractivity contribution in [2.45, 2.75) is 157 Å². The van der Waals surface area contributed by atoms with E-state index in [1.165, 1.54) is 71.3 Å². The summed E-state index contributed by atoms with van der Waals surface area (Å²) in [4.78, 5) is 5.51. The van der Waals surface area contributed by atoms with Crippen LogP contribution in [0.2, 0.25) is 0 Å². The van der Waals surface area contributed by atoms with Crippen LogP contribution >= 0.6 is 0 Å². The molecule has 0 aliphatic carbocycles. The van der Waals surface area contributed by atoms with Crippen molar-refractivity contribution in [1.29, 1.82) is 0 Å². The van der Waals surface area contributed by atoms with E-state index in [1.54, 1.807) is 0 Å². The second kappa shape index (κ2) is 28.4. The van der Waals surface area contributed by atoms with Crippen molar-refractivity contribution < 1.29 is 8.83 Å². The number of furan rings is 2. The molecule has 622 valence electrons. The van der Waals surface area contributed by atoms with Gasteiger partial charge in [0.05, 0.1) is 33.4 Å². The highest BCUT2D eigenvalue weighted by atomic mass is 16.3. The number of hydrogen-bond donors (Lipinski definition) is 0. The number of para-hydroxylation sites is 3. The molecule has 0 radical (unpaired) electrons. The van der Waals surface area contributed by atoms with Crippen molar-refractivity contribution in [3.8, 4) is 67.0 Å². The minimum atomic E-state index is -0.436. The summed E-state index contributed by atoms with van der Waals surface area (Å²) in [6, 6.07) is 124. The van der Waals surface area contributed by atoms with E-state index in [0.29, 0.717) is 0 Å². The molecule has 4 aromatic heterocycles. The molecule has 0 unspecified atom stereocenters. The molecule has 16 aromatic carbocycles. The zero-order valence-corrected chi connectivity index (χ0v) is 76.3. The first-order valence-corrected chi connectivity index (χ1v) is 45.4. The highest BCUT2D eigenvalue weighted by Crippen LogP contribution is 2.58. The van der Waals surface area contributed by atoms with Crippen molar-refractivity contribution in [3.63, 3.8) is 0 Å². The van der Waals surface area contributed by atoms with Gasteiger partial charge in [-0.3, -0.25) is 0 Å². The van der Waals surface area contributed by atoms with E-state index in [4.69, 9.17) is 8.83 Å². The molecule has 0 atom stereocenters. The molecule has 0 spiro atoms. The first kappa shape index (κ1) is 79.3. The molecule has 0 N–H and O–H groups in total. The second-order valence-electron chi connectivity index (χ2n) is 42.1. The number of rotatable bonds is 9. The van der Waals surface area contributed by atoms with E-state index < -0.39 is 5.41 Å². The summed E-state index contributed by atoms with van der Waals surface area (Å²) in [5, 5.41) is 9.26. The van der Waals surface area contributed by atoms with E-state index in [-0.39, 0.29) is 33.8 Å². The van der Waals surface area contributed by atoms with Crippen LogP contribution in [-0.2, 0) is 32.5 Å². The Kier molecular flexibility index (Phi) is 17.8. The molecule has 127 heavy (non-hydrogen) atoms. The molecule has 22 rings (SSSR count). The van der Waals surface area contributed by atoms with Crippen LogP contribution in [-0.4, -0.2) is 15.8 Å². The van der Waals surface area contributed by atoms with Gasteiger partial charge in [-0.1, -0.05) is 319 Å². The van der Waals surface area contributed by atoms with Gasteiger partial charge in [0, 0.05) is 105 Å². The molecular weight excluding hydrogens is 1540 g/mol. The molecule has 6 heterocycles. The second-order valence-corrected chi connectivity index (χ2v) is 42.1. The molecule has 2 aliphatic rings. The Hall–Kier alpha value is -13.6. The monoisotopic (exact) mass is 1650 g/mol. The van der Waals surface area contributed by atoms with Gasteiger partial charge in [0.1, 0.15) is 22.3 Å². The van der Waals surface area contributed by atoms with Gasteiger partial charge in [-0.05, 0) is 237 Å². The third-order valence-corrected chi connectivity index (χ3v) is 27.6. The van der Waals surface area contributed by atoms with E-state index in [9.17, 15) is 0 Å². The predicted octanol–water partition coefficient (Wildman–Crippen LogP) is 31.9. The number of nitrogens with zero attached hydrogens (tertiary/aromatic N) is 4. The first-order valence-electron chi connectivity index (χ1n) is 45.4. The maximum Gasteiger partial charge on any atom is 0.252 e. The zero-order valence-electron chi connectivity index (χ0n) is 76.3. The largest absolute Gasteiger partial charge is 0.456 e. The maximum absolute atomic E-state index is 7.40. The van der Waals surface area contributed by atoms with Crippen molar-refractivity contribution in [1.82, 2.24) is 9.13 Å². The van der Waals surface area contributed by atoms with Crippen LogP contribution < -0.4 is 26.2 Å². The molecule has 0 amide bonds. The SMILES string of the molecule is CC(C)(C)c1cc(-c2ccccc2)c(N2c3cc(-n4c5ccc(C(C)(C)C)cc5c5cc(C(C)(C)C)ccc54)ccc3B3c4ccc(-n5c6ccc(C(C)(C)C)cc6c6cc(C(C)(C)C)ccc65)cc4N(c4c(-c5ccccc5)cc(-c5ccccc5)cc4-c4cccc5c4oc4ccccc45)c4cc(C(C)(C)C)cc2c43)c(-c2cccc3oc4ccccc4c23)c1. The van der Waals surface area contributed by atoms with E-state index in [1.807, 2.05) is 0 Å². The topological polar surface area (TPSA) is 42.6 Å². The average Bonchev–Trinajstić information content (AvgIpc) is 1.12. The lowest BCUT2D eigenvalue weighted by Crippen LogP contribution is -2.61. The van der Waals surface area contributed by atoms with E-state index in [2.05, 4.69) is 465 Å². The Labute approximate surface area is 746 Å². The first-order chi connectivity index (χ1) is 60.8. The van der Waals surface area contributed by atoms with Gasteiger partial charge in [0.15, 0.2) is 0 Å². The van der Waals surface area contributed by atoms with Gasteiger partial charge in [0.25, 0.3) is 6.71 Å². The van der Waals surface area contributed by atoms with Crippen molar-refractivity contribution >= 4 is 145 Å². The Morgan fingerprint density at radius 3 is 1.06 bits per heavy atom. The number of benzene rings is 16. The van der Waals surface area contributed by atoms with E-state index >= 15 is 0 Å². The quantitative estimate of drug-likeness (QED) is 0.135. The number of fused-ring (bicyclic) bond motifs is 16. The van der Waals surface area contributed by atoms with Crippen LogP contribution in [0.5, 0.6) is 0 Å². The van der Waals surface area contributed by atoms with Crippen LogP contribution in [0.1, 0.15) is 158 Å². The van der Waals surface area contributed by atoms with Gasteiger partial charge in [-0.25, -0.2) is 0 Å². The maximum atomic E-state index is 7.40. The molecule has 7 heteroatoms. The Morgan fingerprint density at radius 2 is 0.591 bits per heavy atom. The summed E-state index contributed by atoms with van der Waals surface area (Å²) in [6.07, 6.45) is 0. The Morgan fingerprint density at radius 1 is 0.228 bits per heavy atom. The summed E-state index contributed by atoms with van der Waals surface area (Å²) in [6.45, 7) is 42.1. The van der Waals surface area contributed by atoms with Crippen molar-refractivity contribution in [2.75, 3.05) is 9.80 Å². The smallest absolute Gasteiger partial charge is 0.252 e. The van der Waals surface area contributed by atoms with Gasteiger partial charge in [-0.2, -0.15) is 0 Å². The van der Waals surface area contributed by atoms with Crippen LogP contribution in [0.4, 0.5) is 34.1 Å².